The van der Waals surface area contributed by atoms with E-state index in [9.17, 15) is 14.4 Å². The van der Waals surface area contributed by atoms with Crippen LogP contribution >= 0.6 is 0 Å². The molecule has 2 fully saturated rings. The fraction of sp³-hybridized carbons (Fsp3) is 0.609. The highest BCUT2D eigenvalue weighted by Crippen LogP contribution is 2.55. The fourth-order valence-corrected chi connectivity index (χ4v) is 3.94. The molecule has 29 heavy (non-hydrogen) atoms. The van der Waals surface area contributed by atoms with Crippen LogP contribution in [-0.2, 0) is 9.53 Å². The highest BCUT2D eigenvalue weighted by Gasteiger charge is 2.51. The van der Waals surface area contributed by atoms with Gasteiger partial charge in [-0.3, -0.25) is 14.5 Å². The molecule has 1 N–H and O–H groups in total. The van der Waals surface area contributed by atoms with Gasteiger partial charge in [-0.05, 0) is 71.3 Å². The third-order valence-electron chi connectivity index (χ3n) is 5.95. The summed E-state index contributed by atoms with van der Waals surface area (Å²) >= 11 is 0. The quantitative estimate of drug-likeness (QED) is 0.767. The van der Waals surface area contributed by atoms with E-state index in [1.807, 2.05) is 39.8 Å². The molecule has 0 unspecified atom stereocenters. The minimum atomic E-state index is -0.599. The Balaban J connectivity index is 1.71. The Morgan fingerprint density at radius 3 is 2.28 bits per heavy atom. The number of nitrogens with one attached hydrogen (secondary N) is 1. The summed E-state index contributed by atoms with van der Waals surface area (Å²) in [7, 11) is 0. The van der Waals surface area contributed by atoms with E-state index in [1.54, 1.807) is 17.0 Å². The van der Waals surface area contributed by atoms with Gasteiger partial charge in [0.05, 0.1) is 6.04 Å². The summed E-state index contributed by atoms with van der Waals surface area (Å²) in [6.07, 6.45) is 3.44. The predicted molar refractivity (Wildman–Crippen MR) is 111 cm³/mol. The molecule has 0 aromatic heterocycles. The minimum Gasteiger partial charge on any atom is -0.444 e. The number of ether oxygens (including phenoxy) is 1. The van der Waals surface area contributed by atoms with Crippen LogP contribution in [0.4, 0.5) is 4.79 Å². The molecule has 3 rings (SSSR count). The molecule has 0 radical (unpaired) electrons. The van der Waals surface area contributed by atoms with Gasteiger partial charge in [0.15, 0.2) is 5.78 Å². The first-order chi connectivity index (χ1) is 13.5. The standard InChI is InChI=1S/C23H32N2O4/c1-15(17-6-8-18(9-7-17)16(2)26)24-20(27)19-14-23(10-11-23)12-13-25(19)21(28)29-22(3,4)5/h6-9,15,19H,10-14H2,1-5H3,(H,24,27)/t15-,19+/m0/s1. The maximum Gasteiger partial charge on any atom is 0.410 e. The van der Waals surface area contributed by atoms with Crippen LogP contribution in [0, 0.1) is 5.41 Å². The normalized spacial score (nSPS) is 21.4. The number of nitrogens with zero attached hydrogens (tertiary/aromatic N) is 1. The first-order valence-electron chi connectivity index (χ1n) is 10.4. The van der Waals surface area contributed by atoms with Crippen molar-refractivity contribution in [3.05, 3.63) is 35.4 Å². The molecule has 1 spiro atoms. The van der Waals surface area contributed by atoms with E-state index >= 15 is 0 Å². The van der Waals surface area contributed by atoms with Crippen molar-refractivity contribution >= 4 is 17.8 Å². The zero-order valence-corrected chi connectivity index (χ0v) is 18.1. The third kappa shape index (κ3) is 5.17. The van der Waals surface area contributed by atoms with Crippen molar-refractivity contribution < 1.29 is 19.1 Å². The molecule has 1 saturated heterocycles. The van der Waals surface area contributed by atoms with Gasteiger partial charge in [0, 0.05) is 12.1 Å². The number of benzene rings is 1. The number of piperidine rings is 1. The van der Waals surface area contributed by atoms with Gasteiger partial charge in [-0.2, -0.15) is 0 Å². The summed E-state index contributed by atoms with van der Waals surface area (Å²) in [4.78, 5) is 38.9. The van der Waals surface area contributed by atoms with Crippen molar-refractivity contribution in [1.82, 2.24) is 10.2 Å². The first kappa shape index (κ1) is 21.3. The highest BCUT2D eigenvalue weighted by atomic mass is 16.6. The summed E-state index contributed by atoms with van der Waals surface area (Å²) < 4.78 is 5.55. The van der Waals surface area contributed by atoms with Gasteiger partial charge < -0.3 is 10.1 Å². The lowest BCUT2D eigenvalue weighted by Gasteiger charge is -2.39. The molecule has 2 aliphatic rings. The summed E-state index contributed by atoms with van der Waals surface area (Å²) in [5.74, 6) is -0.136. The monoisotopic (exact) mass is 400 g/mol. The number of hydrogen-bond donors (Lipinski definition) is 1. The molecule has 0 bridgehead atoms. The SMILES string of the molecule is CC(=O)c1ccc([C@H](C)NC(=O)[C@H]2CC3(CCN2C(=O)OC(C)(C)C)CC3)cc1. The van der Waals surface area contributed by atoms with Gasteiger partial charge in [0.25, 0.3) is 0 Å². The average Bonchev–Trinajstić information content (AvgIpc) is 3.38. The van der Waals surface area contributed by atoms with Gasteiger partial charge in [0.2, 0.25) is 5.91 Å². The molecule has 1 aromatic carbocycles. The molecule has 2 amide bonds. The molecular formula is C23H32N2O4. The molecule has 2 atom stereocenters. The van der Waals surface area contributed by atoms with Crippen molar-refractivity contribution in [2.45, 2.75) is 78.0 Å². The van der Waals surface area contributed by atoms with E-state index in [0.717, 1.165) is 24.8 Å². The van der Waals surface area contributed by atoms with Crippen molar-refractivity contribution in [3.8, 4) is 0 Å². The van der Waals surface area contributed by atoms with E-state index in [4.69, 9.17) is 4.74 Å². The fourth-order valence-electron chi connectivity index (χ4n) is 3.94. The van der Waals surface area contributed by atoms with Crippen LogP contribution in [0.2, 0.25) is 0 Å². The smallest absolute Gasteiger partial charge is 0.410 e. The number of ketones is 1. The van der Waals surface area contributed by atoms with Crippen molar-refractivity contribution in [2.75, 3.05) is 6.54 Å². The van der Waals surface area contributed by atoms with Crippen LogP contribution in [0.1, 0.15) is 82.3 Å². The lowest BCUT2D eigenvalue weighted by molar-refractivity contribution is -0.129. The Labute approximate surface area is 173 Å². The zero-order chi connectivity index (χ0) is 21.4. The second-order valence-corrected chi connectivity index (χ2v) is 9.55. The van der Waals surface area contributed by atoms with Crippen molar-refractivity contribution in [2.24, 2.45) is 5.41 Å². The van der Waals surface area contributed by atoms with Crippen LogP contribution in [0.3, 0.4) is 0 Å². The van der Waals surface area contributed by atoms with Gasteiger partial charge in [-0.25, -0.2) is 4.79 Å². The summed E-state index contributed by atoms with van der Waals surface area (Å²) in [6, 6.07) is 6.52. The summed E-state index contributed by atoms with van der Waals surface area (Å²) in [6.45, 7) is 9.49. The molecule has 6 nitrogen and oxygen atoms in total. The number of likely N-dealkylation sites (tertiary alicyclic amines) is 1. The zero-order valence-electron chi connectivity index (χ0n) is 18.1. The molecule has 1 aliphatic heterocycles. The van der Waals surface area contributed by atoms with Crippen LogP contribution in [0.5, 0.6) is 0 Å². The molecule has 1 saturated carbocycles. The lowest BCUT2D eigenvalue weighted by Crippen LogP contribution is -2.55. The van der Waals surface area contributed by atoms with Crippen LogP contribution in [-0.4, -0.2) is 40.9 Å². The number of rotatable bonds is 4. The molecule has 1 heterocycles. The van der Waals surface area contributed by atoms with Crippen LogP contribution in [0.15, 0.2) is 24.3 Å². The average molecular weight is 401 g/mol. The Morgan fingerprint density at radius 1 is 1.14 bits per heavy atom. The number of carbonyl (C=O) groups is 3. The topological polar surface area (TPSA) is 75.7 Å². The van der Waals surface area contributed by atoms with Crippen LogP contribution in [0.25, 0.3) is 0 Å². The maximum absolute atomic E-state index is 13.1. The van der Waals surface area contributed by atoms with E-state index in [0.29, 0.717) is 18.5 Å². The Bertz CT molecular complexity index is 790. The Hall–Kier alpha value is -2.37. The van der Waals surface area contributed by atoms with Gasteiger partial charge >= 0.3 is 6.09 Å². The molecule has 6 heteroatoms. The number of amides is 2. The first-order valence-corrected chi connectivity index (χ1v) is 10.4. The van der Waals surface area contributed by atoms with E-state index in [-0.39, 0.29) is 23.1 Å². The van der Waals surface area contributed by atoms with Crippen molar-refractivity contribution in [3.63, 3.8) is 0 Å². The number of carbonyl (C=O) groups excluding carboxylic acids is 3. The van der Waals surface area contributed by atoms with Gasteiger partial charge in [0.1, 0.15) is 11.6 Å². The number of hydrogen-bond acceptors (Lipinski definition) is 4. The highest BCUT2D eigenvalue weighted by molar-refractivity contribution is 5.94. The van der Waals surface area contributed by atoms with Gasteiger partial charge in [-0.1, -0.05) is 24.3 Å². The number of Topliss-reactive ketones (excluding diaryl/α,β-unsaturated/α-hetero) is 1. The van der Waals surface area contributed by atoms with Crippen LogP contribution < -0.4 is 5.32 Å². The molecule has 1 aliphatic carbocycles. The third-order valence-corrected chi connectivity index (χ3v) is 5.95. The van der Waals surface area contributed by atoms with E-state index in [1.165, 1.54) is 6.92 Å². The molecular weight excluding hydrogens is 368 g/mol. The molecule has 158 valence electrons. The summed E-state index contributed by atoms with van der Waals surface area (Å²) in [5, 5.41) is 3.05. The molecule has 1 aromatic rings. The van der Waals surface area contributed by atoms with E-state index in [2.05, 4.69) is 5.32 Å². The van der Waals surface area contributed by atoms with E-state index < -0.39 is 17.7 Å². The van der Waals surface area contributed by atoms with Crippen molar-refractivity contribution in [1.29, 1.82) is 0 Å². The van der Waals surface area contributed by atoms with Gasteiger partial charge in [-0.15, -0.1) is 0 Å². The summed E-state index contributed by atoms with van der Waals surface area (Å²) in [5.41, 5.74) is 1.18. The second kappa shape index (κ2) is 7.81. The largest absolute Gasteiger partial charge is 0.444 e. The Kier molecular flexibility index (Phi) is 5.74. The predicted octanol–water partition coefficient (Wildman–Crippen LogP) is 4.25. The Morgan fingerprint density at radius 2 is 1.76 bits per heavy atom. The second-order valence-electron chi connectivity index (χ2n) is 9.55. The lowest BCUT2D eigenvalue weighted by atomic mass is 9.87. The minimum absolute atomic E-state index is 0.0122. The maximum atomic E-state index is 13.1.